The van der Waals surface area contributed by atoms with Crippen molar-refractivity contribution in [2.24, 2.45) is 0 Å². The number of hydrogen-bond donors (Lipinski definition) is 2. The van der Waals surface area contributed by atoms with Crippen LogP contribution in [0.25, 0.3) is 0 Å². The van der Waals surface area contributed by atoms with Gasteiger partial charge in [-0.05, 0) is 42.5 Å². The van der Waals surface area contributed by atoms with E-state index < -0.39 is 23.5 Å². The van der Waals surface area contributed by atoms with Crippen molar-refractivity contribution in [1.82, 2.24) is 9.97 Å². The molecule has 0 saturated carbocycles. The fraction of sp³-hybridized carbons (Fsp3) is 0.0556. The van der Waals surface area contributed by atoms with Crippen molar-refractivity contribution < 1.29 is 22.4 Å². The highest BCUT2D eigenvalue weighted by Gasteiger charge is 2.30. The van der Waals surface area contributed by atoms with Gasteiger partial charge in [0.15, 0.2) is 0 Å². The van der Waals surface area contributed by atoms with Crippen LogP contribution >= 0.6 is 0 Å². The largest absolute Gasteiger partial charge is 0.416 e. The first-order valence-corrected chi connectivity index (χ1v) is 7.64. The van der Waals surface area contributed by atoms with Crippen molar-refractivity contribution >= 4 is 23.1 Å². The van der Waals surface area contributed by atoms with E-state index in [-0.39, 0.29) is 11.4 Å². The second kappa shape index (κ2) is 7.40. The molecule has 1 amide bonds. The predicted octanol–water partition coefficient (Wildman–Crippen LogP) is 4.63. The first kappa shape index (κ1) is 18.3. The van der Waals surface area contributed by atoms with Gasteiger partial charge in [0.1, 0.15) is 17.3 Å². The zero-order chi connectivity index (χ0) is 19.4. The molecule has 2 N–H and O–H groups in total. The molecule has 0 aliphatic carbocycles. The normalized spacial score (nSPS) is 11.1. The molecule has 1 heterocycles. The van der Waals surface area contributed by atoms with Gasteiger partial charge in [0.25, 0.3) is 5.91 Å². The van der Waals surface area contributed by atoms with Crippen molar-refractivity contribution in [2.45, 2.75) is 6.18 Å². The van der Waals surface area contributed by atoms with Crippen LogP contribution < -0.4 is 10.6 Å². The molecule has 0 aliphatic heterocycles. The number of anilines is 3. The third-order valence-corrected chi connectivity index (χ3v) is 3.45. The van der Waals surface area contributed by atoms with Gasteiger partial charge in [0.2, 0.25) is 0 Å². The van der Waals surface area contributed by atoms with E-state index in [1.807, 2.05) is 0 Å². The molecule has 0 saturated heterocycles. The van der Waals surface area contributed by atoms with Crippen LogP contribution in [-0.4, -0.2) is 15.9 Å². The molecule has 0 atom stereocenters. The molecular weight excluding hydrogens is 364 g/mol. The van der Waals surface area contributed by atoms with Gasteiger partial charge in [-0.3, -0.25) is 4.79 Å². The summed E-state index contributed by atoms with van der Waals surface area (Å²) in [6, 6.07) is 9.76. The SMILES string of the molecule is O=C(Nc1ccc(C(F)(F)F)cc1)c1cnc(Nc2cccc(F)c2)cn1. The van der Waals surface area contributed by atoms with Gasteiger partial charge in [0.05, 0.1) is 18.0 Å². The number of hydrogen-bond acceptors (Lipinski definition) is 4. The minimum atomic E-state index is -4.45. The lowest BCUT2D eigenvalue weighted by Gasteiger charge is -2.09. The zero-order valence-electron chi connectivity index (χ0n) is 13.6. The Kier molecular flexibility index (Phi) is 5.02. The van der Waals surface area contributed by atoms with Crippen LogP contribution in [-0.2, 0) is 6.18 Å². The second-order valence-corrected chi connectivity index (χ2v) is 5.45. The van der Waals surface area contributed by atoms with Gasteiger partial charge in [0, 0.05) is 11.4 Å². The number of aromatic nitrogens is 2. The number of benzene rings is 2. The van der Waals surface area contributed by atoms with E-state index in [2.05, 4.69) is 20.6 Å². The standard InChI is InChI=1S/C18H12F4N4O/c19-12-2-1-3-14(8-12)25-16-10-23-15(9-24-16)17(27)26-13-6-4-11(5-7-13)18(20,21)22/h1-10H,(H,24,25)(H,26,27). The predicted molar refractivity (Wildman–Crippen MR) is 91.1 cm³/mol. The van der Waals surface area contributed by atoms with Gasteiger partial charge >= 0.3 is 6.18 Å². The summed E-state index contributed by atoms with van der Waals surface area (Å²) >= 11 is 0. The first-order valence-electron chi connectivity index (χ1n) is 7.64. The van der Waals surface area contributed by atoms with Crippen molar-refractivity contribution in [2.75, 3.05) is 10.6 Å². The number of alkyl halides is 3. The summed E-state index contributed by atoms with van der Waals surface area (Å²) in [5, 5.41) is 5.26. The third-order valence-electron chi connectivity index (χ3n) is 3.45. The number of carbonyl (C=O) groups is 1. The number of nitrogens with zero attached hydrogens (tertiary/aromatic N) is 2. The Morgan fingerprint density at radius 2 is 1.67 bits per heavy atom. The summed E-state index contributed by atoms with van der Waals surface area (Å²) < 4.78 is 50.7. The van der Waals surface area contributed by atoms with E-state index >= 15 is 0 Å². The van der Waals surface area contributed by atoms with Gasteiger partial charge in [-0.1, -0.05) is 6.07 Å². The molecular formula is C18H12F4N4O. The Balaban J connectivity index is 1.65. The quantitative estimate of drug-likeness (QED) is 0.652. The van der Waals surface area contributed by atoms with Crippen LogP contribution in [0.4, 0.5) is 34.8 Å². The van der Waals surface area contributed by atoms with E-state index in [1.54, 1.807) is 6.07 Å². The molecule has 3 aromatic rings. The molecule has 0 spiro atoms. The Labute approximate surface area is 151 Å². The molecule has 0 bridgehead atoms. The minimum absolute atomic E-state index is 0.0281. The second-order valence-electron chi connectivity index (χ2n) is 5.45. The highest BCUT2D eigenvalue weighted by molar-refractivity contribution is 6.02. The molecule has 5 nitrogen and oxygen atoms in total. The summed E-state index contributed by atoms with van der Waals surface area (Å²) in [4.78, 5) is 20.1. The Morgan fingerprint density at radius 1 is 0.926 bits per heavy atom. The molecule has 9 heteroatoms. The Hall–Kier alpha value is -3.49. The van der Waals surface area contributed by atoms with Crippen LogP contribution in [0.15, 0.2) is 60.9 Å². The fourth-order valence-corrected chi connectivity index (χ4v) is 2.16. The summed E-state index contributed by atoms with van der Waals surface area (Å²) in [6.07, 6.45) is -1.97. The number of amides is 1. The fourth-order valence-electron chi connectivity index (χ4n) is 2.16. The molecule has 2 aromatic carbocycles. The van der Waals surface area contributed by atoms with Crippen molar-refractivity contribution in [3.05, 3.63) is 78.0 Å². The lowest BCUT2D eigenvalue weighted by Crippen LogP contribution is -2.14. The minimum Gasteiger partial charge on any atom is -0.339 e. The maximum absolute atomic E-state index is 13.1. The average molecular weight is 376 g/mol. The average Bonchev–Trinajstić information content (AvgIpc) is 2.62. The number of nitrogens with one attached hydrogen (secondary N) is 2. The van der Waals surface area contributed by atoms with Gasteiger partial charge in [-0.2, -0.15) is 13.2 Å². The maximum atomic E-state index is 13.1. The van der Waals surface area contributed by atoms with Crippen molar-refractivity contribution in [3.63, 3.8) is 0 Å². The van der Waals surface area contributed by atoms with Crippen LogP contribution in [0.5, 0.6) is 0 Å². The smallest absolute Gasteiger partial charge is 0.339 e. The lowest BCUT2D eigenvalue weighted by molar-refractivity contribution is -0.137. The van der Waals surface area contributed by atoms with E-state index in [9.17, 15) is 22.4 Å². The summed E-state index contributed by atoms with van der Waals surface area (Å²) in [7, 11) is 0. The van der Waals surface area contributed by atoms with Gasteiger partial charge < -0.3 is 10.6 Å². The van der Waals surface area contributed by atoms with Crippen molar-refractivity contribution in [1.29, 1.82) is 0 Å². The lowest BCUT2D eigenvalue weighted by atomic mass is 10.2. The topological polar surface area (TPSA) is 66.9 Å². The molecule has 1 aromatic heterocycles. The highest BCUT2D eigenvalue weighted by Crippen LogP contribution is 2.29. The van der Waals surface area contributed by atoms with Crippen molar-refractivity contribution in [3.8, 4) is 0 Å². The molecule has 0 unspecified atom stereocenters. The number of carbonyl (C=O) groups excluding carboxylic acids is 1. The Bertz CT molecular complexity index is 941. The number of rotatable bonds is 4. The highest BCUT2D eigenvalue weighted by atomic mass is 19.4. The zero-order valence-corrected chi connectivity index (χ0v) is 13.6. The first-order chi connectivity index (χ1) is 12.8. The molecule has 0 fully saturated rings. The molecule has 3 rings (SSSR count). The van der Waals surface area contributed by atoms with Gasteiger partial charge in [-0.15, -0.1) is 0 Å². The van der Waals surface area contributed by atoms with E-state index in [4.69, 9.17) is 0 Å². The summed E-state index contributed by atoms with van der Waals surface area (Å²) in [5.41, 5.74) is -0.184. The molecule has 138 valence electrons. The number of halogens is 4. The van der Waals surface area contributed by atoms with Crippen LogP contribution in [0.3, 0.4) is 0 Å². The van der Waals surface area contributed by atoms with Crippen LogP contribution in [0.2, 0.25) is 0 Å². The molecule has 0 aliphatic rings. The van der Waals surface area contributed by atoms with Crippen LogP contribution in [0.1, 0.15) is 16.1 Å². The van der Waals surface area contributed by atoms with E-state index in [1.165, 1.54) is 30.6 Å². The van der Waals surface area contributed by atoms with E-state index in [0.29, 0.717) is 11.5 Å². The monoisotopic (exact) mass is 376 g/mol. The van der Waals surface area contributed by atoms with Gasteiger partial charge in [-0.25, -0.2) is 14.4 Å². The molecule has 27 heavy (non-hydrogen) atoms. The maximum Gasteiger partial charge on any atom is 0.416 e. The third kappa shape index (κ3) is 4.78. The summed E-state index contributed by atoms with van der Waals surface area (Å²) in [6.45, 7) is 0. The molecule has 0 radical (unpaired) electrons. The Morgan fingerprint density at radius 3 is 2.26 bits per heavy atom. The summed E-state index contributed by atoms with van der Waals surface area (Å²) in [5.74, 6) is -0.744. The van der Waals surface area contributed by atoms with Crippen LogP contribution in [0, 0.1) is 5.82 Å². The van der Waals surface area contributed by atoms with E-state index in [0.717, 1.165) is 24.3 Å².